The van der Waals surface area contributed by atoms with Gasteiger partial charge in [-0.15, -0.1) is 0 Å². The van der Waals surface area contributed by atoms with Gasteiger partial charge in [0.05, 0.1) is 0 Å². The van der Waals surface area contributed by atoms with Crippen molar-refractivity contribution in [2.75, 3.05) is 26.2 Å². The molecule has 5 heteroatoms. The molecule has 1 fully saturated rings. The van der Waals surface area contributed by atoms with E-state index in [1.807, 2.05) is 6.92 Å². The Bertz CT molecular complexity index is 353. The van der Waals surface area contributed by atoms with Crippen molar-refractivity contribution in [3.8, 4) is 0 Å². The first-order valence-corrected chi connectivity index (χ1v) is 6.99. The summed E-state index contributed by atoms with van der Waals surface area (Å²) in [7, 11) is 0. The van der Waals surface area contributed by atoms with Gasteiger partial charge in [-0.3, -0.25) is 9.69 Å². The lowest BCUT2D eigenvalue weighted by Crippen LogP contribution is -2.57. The monoisotopic (exact) mass is 253 g/mol. The van der Waals surface area contributed by atoms with Crippen molar-refractivity contribution in [1.29, 1.82) is 0 Å². The van der Waals surface area contributed by atoms with Crippen molar-refractivity contribution in [2.45, 2.75) is 19.5 Å². The molecule has 0 bridgehead atoms. The van der Waals surface area contributed by atoms with Crippen molar-refractivity contribution >= 4 is 17.2 Å². The molecule has 1 aliphatic heterocycles. The summed E-state index contributed by atoms with van der Waals surface area (Å²) in [5.41, 5.74) is 1.30. The number of carbonyl (C=O) groups excluding carboxylic acids is 1. The molecule has 1 aliphatic rings. The highest BCUT2D eigenvalue weighted by molar-refractivity contribution is 7.07. The number of likely N-dealkylation sites (N-methyl/N-ethyl adjacent to an activating group) is 1. The molecule has 4 nitrogen and oxygen atoms in total. The van der Waals surface area contributed by atoms with Gasteiger partial charge in [0.1, 0.15) is 6.04 Å². The molecule has 94 valence electrons. The van der Waals surface area contributed by atoms with E-state index in [9.17, 15) is 4.79 Å². The van der Waals surface area contributed by atoms with Crippen LogP contribution in [-0.2, 0) is 11.3 Å². The second-order valence-electron chi connectivity index (χ2n) is 4.22. The number of piperazine rings is 1. The van der Waals surface area contributed by atoms with Gasteiger partial charge in [0, 0.05) is 32.7 Å². The van der Waals surface area contributed by atoms with Crippen molar-refractivity contribution in [1.82, 2.24) is 15.5 Å². The fourth-order valence-corrected chi connectivity index (χ4v) is 2.76. The molecule has 1 atom stereocenters. The van der Waals surface area contributed by atoms with Gasteiger partial charge in [-0.1, -0.05) is 0 Å². The van der Waals surface area contributed by atoms with Gasteiger partial charge in [-0.2, -0.15) is 11.3 Å². The summed E-state index contributed by atoms with van der Waals surface area (Å²) >= 11 is 1.71. The number of nitrogens with zero attached hydrogens (tertiary/aromatic N) is 1. The molecule has 2 N–H and O–H groups in total. The molecular formula is C12H19N3OS. The molecule has 2 heterocycles. The molecule has 0 aromatic carbocycles. The highest BCUT2D eigenvalue weighted by atomic mass is 32.1. The van der Waals surface area contributed by atoms with Crippen LogP contribution in [0.25, 0.3) is 0 Å². The number of thiophene rings is 1. The third kappa shape index (κ3) is 3.28. The molecule has 1 aromatic rings. The smallest absolute Gasteiger partial charge is 0.238 e. The molecule has 2 rings (SSSR count). The number of nitrogens with one attached hydrogen (secondary N) is 2. The van der Waals surface area contributed by atoms with Crippen LogP contribution >= 0.6 is 11.3 Å². The predicted molar refractivity (Wildman–Crippen MR) is 70.1 cm³/mol. The SMILES string of the molecule is CCNC(=O)C1CNCCN1Cc1ccsc1. The summed E-state index contributed by atoms with van der Waals surface area (Å²) in [6.07, 6.45) is 0. The summed E-state index contributed by atoms with van der Waals surface area (Å²) < 4.78 is 0. The highest BCUT2D eigenvalue weighted by Crippen LogP contribution is 2.13. The lowest BCUT2D eigenvalue weighted by molar-refractivity contribution is -0.127. The molecule has 0 saturated carbocycles. The summed E-state index contributed by atoms with van der Waals surface area (Å²) in [6, 6.07) is 2.09. The molecule has 0 aliphatic carbocycles. The van der Waals surface area contributed by atoms with Crippen molar-refractivity contribution in [2.24, 2.45) is 0 Å². The molecular weight excluding hydrogens is 234 g/mol. The van der Waals surface area contributed by atoms with Gasteiger partial charge in [0.2, 0.25) is 5.91 Å². The van der Waals surface area contributed by atoms with E-state index in [1.54, 1.807) is 11.3 Å². The van der Waals surface area contributed by atoms with Crippen LogP contribution in [0.4, 0.5) is 0 Å². The van der Waals surface area contributed by atoms with Crippen LogP contribution in [0.1, 0.15) is 12.5 Å². The fraction of sp³-hybridized carbons (Fsp3) is 0.583. The van der Waals surface area contributed by atoms with E-state index >= 15 is 0 Å². The lowest BCUT2D eigenvalue weighted by Gasteiger charge is -2.34. The predicted octanol–water partition coefficient (Wildman–Crippen LogP) is 0.658. The summed E-state index contributed by atoms with van der Waals surface area (Å²) in [4.78, 5) is 14.2. The van der Waals surface area contributed by atoms with Crippen molar-refractivity contribution < 1.29 is 4.79 Å². The molecule has 0 radical (unpaired) electrons. The fourth-order valence-electron chi connectivity index (χ4n) is 2.10. The van der Waals surface area contributed by atoms with Gasteiger partial charge in [0.15, 0.2) is 0 Å². The largest absolute Gasteiger partial charge is 0.355 e. The minimum absolute atomic E-state index is 0.0383. The Morgan fingerprint density at radius 2 is 2.59 bits per heavy atom. The number of hydrogen-bond acceptors (Lipinski definition) is 4. The van der Waals surface area contributed by atoms with Crippen LogP contribution < -0.4 is 10.6 Å². The van der Waals surface area contributed by atoms with Gasteiger partial charge in [-0.25, -0.2) is 0 Å². The first-order valence-electron chi connectivity index (χ1n) is 6.05. The van der Waals surface area contributed by atoms with Crippen LogP contribution in [0.5, 0.6) is 0 Å². The second-order valence-corrected chi connectivity index (χ2v) is 5.00. The van der Waals surface area contributed by atoms with Crippen LogP contribution in [0.3, 0.4) is 0 Å². The maximum Gasteiger partial charge on any atom is 0.238 e. The number of carbonyl (C=O) groups is 1. The molecule has 1 amide bonds. The van der Waals surface area contributed by atoms with Crippen molar-refractivity contribution in [3.63, 3.8) is 0 Å². The normalized spacial score (nSPS) is 21.4. The zero-order valence-corrected chi connectivity index (χ0v) is 10.9. The summed E-state index contributed by atoms with van der Waals surface area (Å²) in [6.45, 7) is 6.15. The third-order valence-electron chi connectivity index (χ3n) is 2.97. The number of rotatable bonds is 4. The maximum atomic E-state index is 11.9. The van der Waals surface area contributed by atoms with E-state index in [-0.39, 0.29) is 11.9 Å². The molecule has 17 heavy (non-hydrogen) atoms. The average molecular weight is 253 g/mol. The molecule has 1 aromatic heterocycles. The van der Waals surface area contributed by atoms with Gasteiger partial charge in [0.25, 0.3) is 0 Å². The zero-order valence-electron chi connectivity index (χ0n) is 10.1. The Kier molecular flexibility index (Phi) is 4.53. The summed E-state index contributed by atoms with van der Waals surface area (Å²) in [5.74, 6) is 0.134. The Labute approximate surface area is 106 Å². The van der Waals surface area contributed by atoms with Gasteiger partial charge in [-0.05, 0) is 29.3 Å². The van der Waals surface area contributed by atoms with Crippen molar-refractivity contribution in [3.05, 3.63) is 22.4 Å². The molecule has 1 unspecified atom stereocenters. The van der Waals surface area contributed by atoms with Gasteiger partial charge < -0.3 is 10.6 Å². The Balaban J connectivity index is 1.99. The topological polar surface area (TPSA) is 44.4 Å². The minimum Gasteiger partial charge on any atom is -0.355 e. The Morgan fingerprint density at radius 1 is 1.71 bits per heavy atom. The molecule has 0 spiro atoms. The second kappa shape index (κ2) is 6.14. The average Bonchev–Trinajstić information content (AvgIpc) is 2.83. The minimum atomic E-state index is -0.0383. The highest BCUT2D eigenvalue weighted by Gasteiger charge is 2.27. The van der Waals surface area contributed by atoms with Crippen LogP contribution in [0.2, 0.25) is 0 Å². The first-order chi connectivity index (χ1) is 8.31. The van der Waals surface area contributed by atoms with E-state index < -0.39 is 0 Å². The van der Waals surface area contributed by atoms with E-state index in [2.05, 4.69) is 32.4 Å². The Hall–Kier alpha value is -0.910. The van der Waals surface area contributed by atoms with E-state index in [0.29, 0.717) is 6.54 Å². The third-order valence-corrected chi connectivity index (χ3v) is 3.71. The lowest BCUT2D eigenvalue weighted by atomic mass is 10.1. The van der Waals surface area contributed by atoms with Crippen LogP contribution in [-0.4, -0.2) is 43.0 Å². The van der Waals surface area contributed by atoms with Crippen LogP contribution in [0.15, 0.2) is 16.8 Å². The van der Waals surface area contributed by atoms with E-state index in [4.69, 9.17) is 0 Å². The Morgan fingerprint density at radius 3 is 3.29 bits per heavy atom. The first kappa shape index (κ1) is 12.5. The van der Waals surface area contributed by atoms with E-state index in [0.717, 1.165) is 26.2 Å². The maximum absolute atomic E-state index is 11.9. The quantitative estimate of drug-likeness (QED) is 0.828. The zero-order chi connectivity index (χ0) is 12.1. The van der Waals surface area contributed by atoms with Crippen LogP contribution in [0, 0.1) is 0 Å². The van der Waals surface area contributed by atoms with Gasteiger partial charge >= 0.3 is 0 Å². The molecule has 1 saturated heterocycles. The number of hydrogen-bond donors (Lipinski definition) is 2. The number of amides is 1. The summed E-state index contributed by atoms with van der Waals surface area (Å²) in [5, 5.41) is 10.4. The standard InChI is InChI=1S/C12H19N3OS/c1-2-14-12(16)11-7-13-4-5-15(11)8-10-3-6-17-9-10/h3,6,9,11,13H,2,4-5,7-8H2,1H3,(H,14,16). The van der Waals surface area contributed by atoms with E-state index in [1.165, 1.54) is 5.56 Å².